The number of aromatic amines is 1. The molecule has 0 bridgehead atoms. The second kappa shape index (κ2) is 7.97. The molecule has 1 aliphatic heterocycles. The van der Waals surface area contributed by atoms with Gasteiger partial charge in [0.25, 0.3) is 5.56 Å². The van der Waals surface area contributed by atoms with E-state index in [-0.39, 0.29) is 5.56 Å². The first-order valence-corrected chi connectivity index (χ1v) is 9.82. The third kappa shape index (κ3) is 3.70. The second-order valence-corrected chi connectivity index (χ2v) is 7.33. The van der Waals surface area contributed by atoms with E-state index < -0.39 is 5.56 Å². The van der Waals surface area contributed by atoms with Gasteiger partial charge in [-0.15, -0.1) is 0 Å². The Kier molecular flexibility index (Phi) is 5.24. The molecule has 8 heteroatoms. The molecule has 0 fully saturated rings. The van der Waals surface area contributed by atoms with Gasteiger partial charge >= 0.3 is 0 Å². The topological polar surface area (TPSA) is 88.0 Å². The lowest BCUT2D eigenvalue weighted by Crippen LogP contribution is -2.16. The molecule has 1 aliphatic rings. The third-order valence-electron chi connectivity index (χ3n) is 4.09. The van der Waals surface area contributed by atoms with Gasteiger partial charge in [0, 0.05) is 11.3 Å². The van der Waals surface area contributed by atoms with Crippen LogP contribution in [0.3, 0.4) is 0 Å². The van der Waals surface area contributed by atoms with Crippen molar-refractivity contribution in [3.8, 4) is 28.8 Å². The molecule has 4 rings (SSSR count). The standard InChI is InChI=1S/C20H14ClN3O3S/c21-15-8-12(9-16-18(15)27-7-6-26-16)11-28-20-23-17(13-4-2-1-3-5-13)14(10-22)19(25)24-20/h1-5,8-9H,6-7,11H2,(H,23,24,25). The Hall–Kier alpha value is -2.95. The van der Waals surface area contributed by atoms with Crippen molar-refractivity contribution >= 4 is 23.4 Å². The summed E-state index contributed by atoms with van der Waals surface area (Å²) in [6, 6.07) is 14.8. The fourth-order valence-corrected chi connectivity index (χ4v) is 3.91. The van der Waals surface area contributed by atoms with E-state index in [4.69, 9.17) is 21.1 Å². The first-order valence-electron chi connectivity index (χ1n) is 8.46. The smallest absolute Gasteiger partial charge is 0.270 e. The Bertz CT molecular complexity index is 1130. The molecule has 3 aromatic rings. The zero-order valence-electron chi connectivity index (χ0n) is 14.6. The Morgan fingerprint density at radius 1 is 1.21 bits per heavy atom. The fraction of sp³-hybridized carbons (Fsp3) is 0.150. The summed E-state index contributed by atoms with van der Waals surface area (Å²) in [5.74, 6) is 1.68. The molecule has 0 saturated heterocycles. The number of ether oxygens (including phenoxy) is 2. The molecule has 1 aromatic heterocycles. The SMILES string of the molecule is N#Cc1c(-c2ccccc2)nc(SCc2cc(Cl)c3c(c2)OCCO3)[nH]c1=O. The van der Waals surface area contributed by atoms with Crippen molar-refractivity contribution in [1.82, 2.24) is 9.97 Å². The van der Waals surface area contributed by atoms with Crippen LogP contribution in [0.1, 0.15) is 11.1 Å². The molecule has 0 saturated carbocycles. The molecule has 6 nitrogen and oxygen atoms in total. The first-order chi connectivity index (χ1) is 13.7. The lowest BCUT2D eigenvalue weighted by atomic mass is 10.1. The van der Waals surface area contributed by atoms with E-state index in [1.165, 1.54) is 11.8 Å². The number of rotatable bonds is 4. The van der Waals surface area contributed by atoms with Crippen LogP contribution in [0.15, 0.2) is 52.4 Å². The van der Waals surface area contributed by atoms with Crippen molar-refractivity contribution in [2.24, 2.45) is 0 Å². The summed E-state index contributed by atoms with van der Waals surface area (Å²) in [6.45, 7) is 0.949. The van der Waals surface area contributed by atoms with Crippen LogP contribution in [0.2, 0.25) is 5.02 Å². The predicted molar refractivity (Wildman–Crippen MR) is 107 cm³/mol. The maximum atomic E-state index is 12.3. The van der Waals surface area contributed by atoms with E-state index in [1.807, 2.05) is 48.5 Å². The maximum Gasteiger partial charge on any atom is 0.270 e. The van der Waals surface area contributed by atoms with Crippen molar-refractivity contribution in [2.75, 3.05) is 13.2 Å². The maximum absolute atomic E-state index is 12.3. The molecule has 0 spiro atoms. The number of hydrogen-bond acceptors (Lipinski definition) is 6. The van der Waals surface area contributed by atoms with Crippen LogP contribution < -0.4 is 15.0 Å². The molecule has 0 amide bonds. The molecular formula is C20H14ClN3O3S. The van der Waals surface area contributed by atoms with E-state index in [1.54, 1.807) is 0 Å². The minimum atomic E-state index is -0.459. The summed E-state index contributed by atoms with van der Waals surface area (Å²) < 4.78 is 11.1. The van der Waals surface area contributed by atoms with Crippen LogP contribution in [0.4, 0.5) is 0 Å². The van der Waals surface area contributed by atoms with Gasteiger partial charge < -0.3 is 14.5 Å². The van der Waals surface area contributed by atoms with Gasteiger partial charge in [0.15, 0.2) is 16.7 Å². The van der Waals surface area contributed by atoms with Crippen molar-refractivity contribution < 1.29 is 9.47 Å². The van der Waals surface area contributed by atoms with Gasteiger partial charge in [-0.2, -0.15) is 5.26 Å². The number of aromatic nitrogens is 2. The number of halogens is 1. The number of thioether (sulfide) groups is 1. The fourth-order valence-electron chi connectivity index (χ4n) is 2.83. The normalized spacial score (nSPS) is 12.4. The summed E-state index contributed by atoms with van der Waals surface area (Å²) in [6.07, 6.45) is 0. The highest BCUT2D eigenvalue weighted by Crippen LogP contribution is 2.39. The van der Waals surface area contributed by atoms with Gasteiger partial charge in [-0.25, -0.2) is 4.98 Å². The average Bonchev–Trinajstić information content (AvgIpc) is 2.72. The number of nitriles is 1. The van der Waals surface area contributed by atoms with E-state index in [0.29, 0.717) is 46.3 Å². The molecule has 2 aromatic carbocycles. The highest BCUT2D eigenvalue weighted by molar-refractivity contribution is 7.98. The molecule has 2 heterocycles. The van der Waals surface area contributed by atoms with Crippen LogP contribution in [-0.4, -0.2) is 23.2 Å². The number of fused-ring (bicyclic) bond motifs is 1. The molecule has 0 radical (unpaired) electrons. The summed E-state index contributed by atoms with van der Waals surface area (Å²) in [7, 11) is 0. The van der Waals surface area contributed by atoms with Crippen molar-refractivity contribution in [3.63, 3.8) is 0 Å². The minimum absolute atomic E-state index is 0.00192. The van der Waals surface area contributed by atoms with Gasteiger partial charge in [0.05, 0.1) is 10.7 Å². The van der Waals surface area contributed by atoms with Crippen molar-refractivity contribution in [1.29, 1.82) is 5.26 Å². The Balaban J connectivity index is 1.63. The zero-order valence-corrected chi connectivity index (χ0v) is 16.1. The molecule has 0 atom stereocenters. The Labute approximate surface area is 170 Å². The van der Waals surface area contributed by atoms with Gasteiger partial charge in [-0.1, -0.05) is 53.7 Å². The second-order valence-electron chi connectivity index (χ2n) is 5.96. The van der Waals surface area contributed by atoms with Crippen LogP contribution in [-0.2, 0) is 5.75 Å². The quantitative estimate of drug-likeness (QED) is 0.515. The zero-order chi connectivity index (χ0) is 19.5. The lowest BCUT2D eigenvalue weighted by Gasteiger charge is -2.20. The first kappa shape index (κ1) is 18.4. The van der Waals surface area contributed by atoms with Crippen LogP contribution in [0.25, 0.3) is 11.3 Å². The summed E-state index contributed by atoms with van der Waals surface area (Å²) in [5, 5.41) is 10.3. The van der Waals surface area contributed by atoms with E-state index in [9.17, 15) is 10.1 Å². The van der Waals surface area contributed by atoms with Gasteiger partial charge in [-0.05, 0) is 17.7 Å². The van der Waals surface area contributed by atoms with Crippen molar-refractivity contribution in [3.05, 3.63) is 69.0 Å². The highest BCUT2D eigenvalue weighted by atomic mass is 35.5. The minimum Gasteiger partial charge on any atom is -0.486 e. The molecule has 140 valence electrons. The Morgan fingerprint density at radius 2 is 2.00 bits per heavy atom. The molecular weight excluding hydrogens is 398 g/mol. The summed E-state index contributed by atoms with van der Waals surface area (Å²) in [5.41, 5.74) is 1.54. The largest absolute Gasteiger partial charge is 0.486 e. The Morgan fingerprint density at radius 3 is 2.79 bits per heavy atom. The van der Waals surface area contributed by atoms with E-state index >= 15 is 0 Å². The number of H-pyrrole nitrogens is 1. The third-order valence-corrected chi connectivity index (χ3v) is 5.31. The predicted octanol–water partition coefficient (Wildman–Crippen LogP) is 4.03. The van der Waals surface area contributed by atoms with Gasteiger partial charge in [0.1, 0.15) is 24.8 Å². The number of hydrogen-bond donors (Lipinski definition) is 1. The lowest BCUT2D eigenvalue weighted by molar-refractivity contribution is 0.171. The number of nitrogens with zero attached hydrogens (tertiary/aromatic N) is 2. The van der Waals surface area contributed by atoms with E-state index in [0.717, 1.165) is 11.1 Å². The highest BCUT2D eigenvalue weighted by Gasteiger charge is 2.18. The van der Waals surface area contributed by atoms with Gasteiger partial charge in [0.2, 0.25) is 0 Å². The van der Waals surface area contributed by atoms with Crippen LogP contribution in [0.5, 0.6) is 11.5 Å². The van der Waals surface area contributed by atoms with Crippen molar-refractivity contribution in [2.45, 2.75) is 10.9 Å². The van der Waals surface area contributed by atoms with Crippen LogP contribution in [0, 0.1) is 11.3 Å². The van der Waals surface area contributed by atoms with Crippen LogP contribution >= 0.6 is 23.4 Å². The van der Waals surface area contributed by atoms with E-state index in [2.05, 4.69) is 9.97 Å². The molecule has 28 heavy (non-hydrogen) atoms. The van der Waals surface area contributed by atoms with Gasteiger partial charge in [-0.3, -0.25) is 4.79 Å². The summed E-state index contributed by atoms with van der Waals surface area (Å²) >= 11 is 7.62. The monoisotopic (exact) mass is 411 g/mol. The average molecular weight is 412 g/mol. The molecule has 0 aliphatic carbocycles. The molecule has 1 N–H and O–H groups in total. The number of benzene rings is 2. The molecule has 0 unspecified atom stereocenters. The number of nitrogens with one attached hydrogen (secondary N) is 1. The summed E-state index contributed by atoms with van der Waals surface area (Å²) in [4.78, 5) is 19.5.